The third-order valence-electron chi connectivity index (χ3n) is 5.11. The zero-order valence-corrected chi connectivity index (χ0v) is 15.8. The van der Waals surface area contributed by atoms with Crippen LogP contribution in [0.4, 0.5) is 11.4 Å². The van der Waals surface area contributed by atoms with Crippen LogP contribution in [0.2, 0.25) is 0 Å². The van der Waals surface area contributed by atoms with Crippen molar-refractivity contribution < 1.29 is 9.72 Å². The maximum absolute atomic E-state index is 12.5. The maximum Gasteiger partial charge on any atom is 0.274 e. The van der Waals surface area contributed by atoms with Gasteiger partial charge in [-0.15, -0.1) is 0 Å². The first-order valence-electron chi connectivity index (χ1n) is 9.30. The Hall–Kier alpha value is -2.73. The van der Waals surface area contributed by atoms with Crippen molar-refractivity contribution >= 4 is 17.3 Å². The maximum atomic E-state index is 12.5. The molecule has 0 saturated carbocycles. The summed E-state index contributed by atoms with van der Waals surface area (Å²) in [6.45, 7) is 7.06. The van der Waals surface area contributed by atoms with E-state index in [9.17, 15) is 14.9 Å². The van der Waals surface area contributed by atoms with Crippen molar-refractivity contribution in [1.29, 1.82) is 0 Å². The Morgan fingerprint density at radius 2 is 2.00 bits per heavy atom. The van der Waals surface area contributed by atoms with E-state index in [1.165, 1.54) is 24.5 Å². The highest BCUT2D eigenvalue weighted by Gasteiger charge is 2.17. The standard InChI is InChI=1S/C21H25N3O3/c1-15-5-4-12-23(13-15)14-17-8-10-18(11-9-17)21(25)22-19-6-3-7-20(16(19)2)24(26)27/h3,6-11,15H,4-5,12-14H2,1-2H3,(H,22,25)/t15-/m1/s1. The van der Waals surface area contributed by atoms with E-state index in [1.807, 2.05) is 24.3 Å². The van der Waals surface area contributed by atoms with Crippen LogP contribution >= 0.6 is 0 Å². The number of nitro benzene ring substituents is 1. The van der Waals surface area contributed by atoms with Crippen LogP contribution in [0.15, 0.2) is 42.5 Å². The Kier molecular flexibility index (Phi) is 5.86. The predicted octanol–water partition coefficient (Wildman–Crippen LogP) is 4.39. The first kappa shape index (κ1) is 19.0. The second-order valence-electron chi connectivity index (χ2n) is 7.34. The van der Waals surface area contributed by atoms with Crippen LogP contribution < -0.4 is 5.32 Å². The van der Waals surface area contributed by atoms with E-state index in [-0.39, 0.29) is 11.6 Å². The lowest BCUT2D eigenvalue weighted by atomic mass is 9.99. The summed E-state index contributed by atoms with van der Waals surface area (Å²) in [5.74, 6) is 0.471. The number of piperidine rings is 1. The number of likely N-dealkylation sites (tertiary alicyclic amines) is 1. The Labute approximate surface area is 159 Å². The second-order valence-corrected chi connectivity index (χ2v) is 7.34. The normalized spacial score (nSPS) is 17.5. The fourth-order valence-electron chi connectivity index (χ4n) is 3.60. The van der Waals surface area contributed by atoms with Crippen molar-refractivity contribution in [1.82, 2.24) is 4.90 Å². The molecule has 0 unspecified atom stereocenters. The van der Waals surface area contributed by atoms with Gasteiger partial charge < -0.3 is 5.32 Å². The van der Waals surface area contributed by atoms with Gasteiger partial charge in [-0.25, -0.2) is 0 Å². The number of nitro groups is 1. The van der Waals surface area contributed by atoms with Gasteiger partial charge in [-0.2, -0.15) is 0 Å². The number of nitrogens with zero attached hydrogens (tertiary/aromatic N) is 2. The minimum absolute atomic E-state index is 0.00101. The molecule has 6 nitrogen and oxygen atoms in total. The van der Waals surface area contributed by atoms with Crippen molar-refractivity contribution in [3.05, 3.63) is 69.3 Å². The van der Waals surface area contributed by atoms with E-state index in [4.69, 9.17) is 0 Å². The van der Waals surface area contributed by atoms with Crippen LogP contribution in [-0.4, -0.2) is 28.8 Å². The lowest BCUT2D eigenvalue weighted by Gasteiger charge is -2.30. The number of anilines is 1. The van der Waals surface area contributed by atoms with Crippen molar-refractivity contribution in [2.75, 3.05) is 18.4 Å². The van der Waals surface area contributed by atoms with Gasteiger partial charge in [0.15, 0.2) is 0 Å². The molecule has 1 atom stereocenters. The monoisotopic (exact) mass is 367 g/mol. The largest absolute Gasteiger partial charge is 0.321 e. The molecule has 0 radical (unpaired) electrons. The number of hydrogen-bond acceptors (Lipinski definition) is 4. The molecule has 1 aliphatic heterocycles. The molecule has 2 aromatic rings. The zero-order valence-electron chi connectivity index (χ0n) is 15.8. The lowest BCUT2D eigenvalue weighted by Crippen LogP contribution is -2.33. The molecule has 0 spiro atoms. The molecule has 0 bridgehead atoms. The highest BCUT2D eigenvalue weighted by Crippen LogP contribution is 2.25. The molecule has 1 saturated heterocycles. The summed E-state index contributed by atoms with van der Waals surface area (Å²) >= 11 is 0. The van der Waals surface area contributed by atoms with Crippen molar-refractivity contribution in [2.45, 2.75) is 33.2 Å². The molecule has 1 amide bonds. The van der Waals surface area contributed by atoms with Gasteiger partial charge >= 0.3 is 0 Å². The summed E-state index contributed by atoms with van der Waals surface area (Å²) in [6.07, 6.45) is 2.54. The number of carbonyl (C=O) groups excluding carboxylic acids is 1. The van der Waals surface area contributed by atoms with Crippen LogP contribution in [-0.2, 0) is 6.54 Å². The first-order valence-corrected chi connectivity index (χ1v) is 9.30. The fourth-order valence-corrected chi connectivity index (χ4v) is 3.60. The topological polar surface area (TPSA) is 75.5 Å². The van der Waals surface area contributed by atoms with Gasteiger partial charge in [0, 0.05) is 24.7 Å². The minimum atomic E-state index is -0.443. The summed E-state index contributed by atoms with van der Waals surface area (Å²) in [5, 5.41) is 13.8. The number of hydrogen-bond donors (Lipinski definition) is 1. The van der Waals surface area contributed by atoms with Gasteiger partial charge in [0.1, 0.15) is 0 Å². The van der Waals surface area contributed by atoms with Crippen molar-refractivity contribution in [2.24, 2.45) is 5.92 Å². The van der Waals surface area contributed by atoms with Gasteiger partial charge in [0.25, 0.3) is 11.6 Å². The van der Waals surface area contributed by atoms with E-state index < -0.39 is 4.92 Å². The van der Waals surface area contributed by atoms with E-state index in [0.29, 0.717) is 16.8 Å². The molecule has 2 aromatic carbocycles. The van der Waals surface area contributed by atoms with Gasteiger partial charge in [0.05, 0.1) is 16.2 Å². The van der Waals surface area contributed by atoms with Crippen LogP contribution in [0.5, 0.6) is 0 Å². The molecular formula is C21H25N3O3. The van der Waals surface area contributed by atoms with Crippen molar-refractivity contribution in [3.63, 3.8) is 0 Å². The van der Waals surface area contributed by atoms with Gasteiger partial charge in [0.2, 0.25) is 0 Å². The molecule has 6 heteroatoms. The van der Waals surface area contributed by atoms with Gasteiger partial charge in [-0.1, -0.05) is 25.1 Å². The Balaban J connectivity index is 1.66. The van der Waals surface area contributed by atoms with E-state index in [2.05, 4.69) is 17.1 Å². The number of rotatable bonds is 5. The minimum Gasteiger partial charge on any atom is -0.321 e. The van der Waals surface area contributed by atoms with Crippen LogP contribution in [0, 0.1) is 23.0 Å². The average molecular weight is 367 g/mol. The summed E-state index contributed by atoms with van der Waals surface area (Å²) in [5.41, 5.74) is 2.63. The van der Waals surface area contributed by atoms with Gasteiger partial charge in [-0.3, -0.25) is 19.8 Å². The molecule has 1 N–H and O–H groups in total. The number of carbonyl (C=O) groups is 1. The van der Waals surface area contributed by atoms with E-state index >= 15 is 0 Å². The highest BCUT2D eigenvalue weighted by atomic mass is 16.6. The summed E-state index contributed by atoms with van der Waals surface area (Å²) < 4.78 is 0. The van der Waals surface area contributed by atoms with E-state index in [0.717, 1.165) is 25.6 Å². The van der Waals surface area contributed by atoms with Gasteiger partial charge in [-0.05, 0) is 56.0 Å². The molecule has 142 valence electrons. The molecule has 3 rings (SSSR count). The zero-order chi connectivity index (χ0) is 19.4. The summed E-state index contributed by atoms with van der Waals surface area (Å²) in [7, 11) is 0. The quantitative estimate of drug-likeness (QED) is 0.628. The van der Waals surface area contributed by atoms with Crippen LogP contribution in [0.1, 0.15) is 41.3 Å². The Morgan fingerprint density at radius 1 is 1.26 bits per heavy atom. The molecule has 27 heavy (non-hydrogen) atoms. The molecule has 0 aliphatic carbocycles. The smallest absolute Gasteiger partial charge is 0.274 e. The number of nitrogens with one attached hydrogen (secondary N) is 1. The summed E-state index contributed by atoms with van der Waals surface area (Å²) in [6, 6.07) is 12.3. The molecule has 1 fully saturated rings. The molecule has 1 aliphatic rings. The second kappa shape index (κ2) is 8.31. The first-order chi connectivity index (χ1) is 12.9. The Morgan fingerprint density at radius 3 is 2.67 bits per heavy atom. The number of benzene rings is 2. The summed E-state index contributed by atoms with van der Waals surface area (Å²) in [4.78, 5) is 25.6. The predicted molar refractivity (Wildman–Crippen MR) is 106 cm³/mol. The lowest BCUT2D eigenvalue weighted by molar-refractivity contribution is -0.385. The molecular weight excluding hydrogens is 342 g/mol. The third-order valence-corrected chi connectivity index (χ3v) is 5.11. The molecule has 0 aromatic heterocycles. The average Bonchev–Trinajstić information content (AvgIpc) is 2.64. The highest BCUT2D eigenvalue weighted by molar-refractivity contribution is 6.04. The van der Waals surface area contributed by atoms with Crippen molar-refractivity contribution in [3.8, 4) is 0 Å². The number of amides is 1. The van der Waals surface area contributed by atoms with Crippen LogP contribution in [0.25, 0.3) is 0 Å². The SMILES string of the molecule is Cc1c(NC(=O)c2ccc(CN3CCC[C@@H](C)C3)cc2)cccc1[N+](=O)[O-]. The fraction of sp³-hybridized carbons (Fsp3) is 0.381. The van der Waals surface area contributed by atoms with E-state index in [1.54, 1.807) is 19.1 Å². The third kappa shape index (κ3) is 4.71. The Bertz CT molecular complexity index is 833. The van der Waals surface area contributed by atoms with Crippen LogP contribution in [0.3, 0.4) is 0 Å². The molecule has 1 heterocycles.